The van der Waals surface area contributed by atoms with Crippen LogP contribution in [0.4, 0.5) is 0 Å². The minimum absolute atomic E-state index is 0.243. The smallest absolute Gasteiger partial charge is 0.0718 e. The van der Waals surface area contributed by atoms with Crippen molar-refractivity contribution in [1.82, 2.24) is 10.3 Å². The van der Waals surface area contributed by atoms with Gasteiger partial charge in [-0.3, -0.25) is 4.98 Å². The molecule has 0 aliphatic heterocycles. The number of methoxy groups -OCH3 is 1. The van der Waals surface area contributed by atoms with Crippen molar-refractivity contribution in [2.45, 2.75) is 26.3 Å². The Kier molecular flexibility index (Phi) is 7.37. The van der Waals surface area contributed by atoms with Crippen LogP contribution in [0.5, 0.6) is 0 Å². The van der Waals surface area contributed by atoms with Crippen LogP contribution in [-0.2, 0) is 4.74 Å². The summed E-state index contributed by atoms with van der Waals surface area (Å²) in [5, 5.41) is 3.50. The van der Waals surface area contributed by atoms with Crippen molar-refractivity contribution in [1.29, 1.82) is 0 Å². The molecule has 1 aromatic heterocycles. The van der Waals surface area contributed by atoms with Gasteiger partial charge in [-0.15, -0.1) is 0 Å². The Morgan fingerprint density at radius 2 is 2.17 bits per heavy atom. The maximum Gasteiger partial charge on any atom is 0.0718 e. The molecule has 0 radical (unpaired) electrons. The van der Waals surface area contributed by atoms with E-state index in [2.05, 4.69) is 56.0 Å². The van der Waals surface area contributed by atoms with Crippen LogP contribution >= 0.6 is 31.9 Å². The maximum atomic E-state index is 5.16. The fourth-order valence-electron chi connectivity index (χ4n) is 1.91. The second kappa shape index (κ2) is 8.25. The van der Waals surface area contributed by atoms with E-state index in [1.807, 2.05) is 12.3 Å². The van der Waals surface area contributed by atoms with Crippen molar-refractivity contribution >= 4 is 31.9 Å². The Morgan fingerprint density at radius 1 is 1.44 bits per heavy atom. The Balaban J connectivity index is 2.88. The largest absolute Gasteiger partial charge is 0.385 e. The average Bonchev–Trinajstić information content (AvgIpc) is 2.34. The van der Waals surface area contributed by atoms with Crippen LogP contribution in [0.3, 0.4) is 0 Å². The second-order valence-electron chi connectivity index (χ2n) is 4.31. The van der Waals surface area contributed by atoms with E-state index < -0.39 is 0 Å². The third-order valence-corrected chi connectivity index (χ3v) is 3.97. The summed E-state index contributed by atoms with van der Waals surface area (Å²) in [4.78, 5) is 4.53. The minimum atomic E-state index is 0.243. The molecule has 2 atom stereocenters. The van der Waals surface area contributed by atoms with Gasteiger partial charge in [-0.05, 0) is 56.8 Å². The molecule has 1 N–H and O–H groups in total. The van der Waals surface area contributed by atoms with E-state index in [1.165, 1.54) is 0 Å². The molecule has 18 heavy (non-hydrogen) atoms. The van der Waals surface area contributed by atoms with Crippen molar-refractivity contribution in [3.8, 4) is 0 Å². The quantitative estimate of drug-likeness (QED) is 0.779. The molecule has 1 aromatic rings. The van der Waals surface area contributed by atoms with E-state index in [0.29, 0.717) is 5.92 Å². The maximum absolute atomic E-state index is 5.16. The zero-order valence-corrected chi connectivity index (χ0v) is 14.2. The van der Waals surface area contributed by atoms with Gasteiger partial charge < -0.3 is 10.1 Å². The molecule has 2 unspecified atom stereocenters. The Morgan fingerprint density at radius 3 is 2.72 bits per heavy atom. The molecule has 0 aromatic carbocycles. The highest BCUT2D eigenvalue weighted by atomic mass is 79.9. The van der Waals surface area contributed by atoms with Crippen molar-refractivity contribution in [3.05, 3.63) is 26.9 Å². The molecule has 102 valence electrons. The highest BCUT2D eigenvalue weighted by Gasteiger charge is 2.21. The summed E-state index contributed by atoms with van der Waals surface area (Å²) < 4.78 is 7.18. The SMILES string of the molecule is CCNC(c1ncc(Br)cc1Br)C(C)CCOC. The molecule has 1 rings (SSSR count). The topological polar surface area (TPSA) is 34.2 Å². The first-order chi connectivity index (χ1) is 8.60. The van der Waals surface area contributed by atoms with E-state index in [1.54, 1.807) is 7.11 Å². The van der Waals surface area contributed by atoms with Gasteiger partial charge in [0.05, 0.1) is 11.7 Å². The van der Waals surface area contributed by atoms with E-state index in [0.717, 1.165) is 34.2 Å². The molecule has 3 nitrogen and oxygen atoms in total. The number of ether oxygens (including phenoxy) is 1. The number of nitrogens with one attached hydrogen (secondary N) is 1. The van der Waals surface area contributed by atoms with Crippen molar-refractivity contribution < 1.29 is 4.74 Å². The number of halogens is 2. The standard InChI is InChI=1S/C13H20Br2N2O/c1-4-16-12(9(2)5-6-18-3)13-11(15)7-10(14)8-17-13/h7-9,12,16H,4-6H2,1-3H3. The first-order valence-corrected chi connectivity index (χ1v) is 7.72. The van der Waals surface area contributed by atoms with Gasteiger partial charge in [0.15, 0.2) is 0 Å². The second-order valence-corrected chi connectivity index (χ2v) is 6.08. The number of hydrogen-bond acceptors (Lipinski definition) is 3. The molecule has 0 saturated heterocycles. The molecule has 0 spiro atoms. The third kappa shape index (κ3) is 4.61. The highest BCUT2D eigenvalue weighted by Crippen LogP contribution is 2.30. The van der Waals surface area contributed by atoms with Gasteiger partial charge in [0, 0.05) is 28.9 Å². The Hall–Kier alpha value is 0.0300. The summed E-state index contributed by atoms with van der Waals surface area (Å²) in [6.45, 7) is 6.04. The Bertz CT molecular complexity index is 374. The summed E-state index contributed by atoms with van der Waals surface area (Å²) in [5.41, 5.74) is 1.06. The minimum Gasteiger partial charge on any atom is -0.385 e. The lowest BCUT2D eigenvalue weighted by Crippen LogP contribution is -2.28. The van der Waals surface area contributed by atoms with E-state index in [4.69, 9.17) is 4.74 Å². The van der Waals surface area contributed by atoms with Crippen molar-refractivity contribution in [2.75, 3.05) is 20.3 Å². The van der Waals surface area contributed by atoms with E-state index in [-0.39, 0.29) is 6.04 Å². The predicted octanol–water partition coefficient (Wildman–Crippen LogP) is 3.93. The van der Waals surface area contributed by atoms with Crippen LogP contribution in [0.25, 0.3) is 0 Å². The summed E-state index contributed by atoms with van der Waals surface area (Å²) in [6, 6.07) is 2.28. The lowest BCUT2D eigenvalue weighted by Gasteiger charge is -2.25. The molecule has 0 saturated carbocycles. The first kappa shape index (κ1) is 16.1. The van der Waals surface area contributed by atoms with Gasteiger partial charge in [0.25, 0.3) is 0 Å². The van der Waals surface area contributed by atoms with Crippen LogP contribution < -0.4 is 5.32 Å². The molecule has 1 heterocycles. The van der Waals surface area contributed by atoms with Crippen molar-refractivity contribution in [2.24, 2.45) is 5.92 Å². The monoisotopic (exact) mass is 378 g/mol. The molecule has 0 amide bonds. The summed E-state index contributed by atoms with van der Waals surface area (Å²) in [7, 11) is 1.74. The number of pyridine rings is 1. The lowest BCUT2D eigenvalue weighted by atomic mass is 9.95. The zero-order valence-electron chi connectivity index (χ0n) is 11.0. The van der Waals surface area contributed by atoms with Crippen LogP contribution in [0.15, 0.2) is 21.2 Å². The molecular weight excluding hydrogens is 360 g/mol. The fourth-order valence-corrected chi connectivity index (χ4v) is 3.15. The third-order valence-electron chi connectivity index (χ3n) is 2.90. The summed E-state index contributed by atoms with van der Waals surface area (Å²) >= 11 is 7.02. The zero-order chi connectivity index (χ0) is 13.5. The highest BCUT2D eigenvalue weighted by molar-refractivity contribution is 9.11. The summed E-state index contributed by atoms with van der Waals surface area (Å²) in [5.74, 6) is 0.467. The number of hydrogen-bond donors (Lipinski definition) is 1. The van der Waals surface area contributed by atoms with Gasteiger partial charge in [-0.1, -0.05) is 13.8 Å². The van der Waals surface area contributed by atoms with Gasteiger partial charge in [0.1, 0.15) is 0 Å². The first-order valence-electron chi connectivity index (χ1n) is 6.13. The molecule has 0 fully saturated rings. The van der Waals surface area contributed by atoms with Crippen LogP contribution in [0.2, 0.25) is 0 Å². The number of nitrogens with zero attached hydrogens (tertiary/aromatic N) is 1. The molecule has 0 aliphatic rings. The van der Waals surface area contributed by atoms with Gasteiger partial charge >= 0.3 is 0 Å². The van der Waals surface area contributed by atoms with E-state index in [9.17, 15) is 0 Å². The predicted molar refractivity (Wildman–Crippen MR) is 81.7 cm³/mol. The normalized spacial score (nSPS) is 14.5. The van der Waals surface area contributed by atoms with Crippen LogP contribution in [0, 0.1) is 5.92 Å². The van der Waals surface area contributed by atoms with Crippen molar-refractivity contribution in [3.63, 3.8) is 0 Å². The van der Waals surface area contributed by atoms with Gasteiger partial charge in [0.2, 0.25) is 0 Å². The number of rotatable bonds is 7. The lowest BCUT2D eigenvalue weighted by molar-refractivity contribution is 0.170. The number of aromatic nitrogens is 1. The van der Waals surface area contributed by atoms with E-state index >= 15 is 0 Å². The van der Waals surface area contributed by atoms with Gasteiger partial charge in [-0.25, -0.2) is 0 Å². The molecular formula is C13H20Br2N2O. The van der Waals surface area contributed by atoms with Gasteiger partial charge in [-0.2, -0.15) is 0 Å². The Labute approximate surface area is 126 Å². The summed E-state index contributed by atoms with van der Waals surface area (Å²) in [6.07, 6.45) is 2.85. The molecule has 0 aliphatic carbocycles. The molecule has 5 heteroatoms. The van der Waals surface area contributed by atoms with Crippen LogP contribution in [-0.4, -0.2) is 25.2 Å². The molecule has 0 bridgehead atoms. The average molecular weight is 380 g/mol. The van der Waals surface area contributed by atoms with Crippen LogP contribution in [0.1, 0.15) is 32.0 Å². The fraction of sp³-hybridized carbons (Fsp3) is 0.615.